The third kappa shape index (κ3) is 7.83. The van der Waals surface area contributed by atoms with Gasteiger partial charge in [-0.15, -0.1) is 0 Å². The van der Waals surface area contributed by atoms with Gasteiger partial charge < -0.3 is 20.4 Å². The van der Waals surface area contributed by atoms with Gasteiger partial charge in [0.2, 0.25) is 5.91 Å². The zero-order chi connectivity index (χ0) is 27.4. The molecule has 0 aliphatic heterocycles. The first-order valence-corrected chi connectivity index (χ1v) is 11.7. The first kappa shape index (κ1) is 27.8. The van der Waals surface area contributed by atoms with Crippen molar-refractivity contribution in [2.75, 3.05) is 0 Å². The molecular weight excluding hydrogens is 487 g/mol. The Bertz CT molecular complexity index is 1260. The number of hydrogen-bond donors (Lipinski definition) is 3. The first-order valence-electron chi connectivity index (χ1n) is 11.7. The largest absolute Gasteiger partial charge is 0.471 e. The number of hydrogen-bond acceptors (Lipinski definition) is 4. The molecule has 0 spiro atoms. The maximum atomic E-state index is 13.2. The second-order valence-corrected chi connectivity index (χ2v) is 9.88. The number of aromatic nitrogens is 1. The Morgan fingerprint density at radius 3 is 2.24 bits per heavy atom. The van der Waals surface area contributed by atoms with Crippen molar-refractivity contribution in [2.45, 2.75) is 64.4 Å². The summed E-state index contributed by atoms with van der Waals surface area (Å²) < 4.78 is 44.5. The van der Waals surface area contributed by atoms with Crippen LogP contribution in [0.25, 0.3) is 10.9 Å². The van der Waals surface area contributed by atoms with Crippen molar-refractivity contribution >= 4 is 28.7 Å². The van der Waals surface area contributed by atoms with Crippen molar-refractivity contribution in [3.05, 3.63) is 71.4 Å². The van der Waals surface area contributed by atoms with Crippen LogP contribution in [-0.2, 0) is 32.0 Å². The lowest BCUT2D eigenvalue weighted by Crippen LogP contribution is -2.55. The Balaban J connectivity index is 1.90. The highest BCUT2D eigenvalue weighted by Gasteiger charge is 2.41. The summed E-state index contributed by atoms with van der Waals surface area (Å²) in [5.41, 5.74) is 2.20. The molecule has 2 aromatic carbocycles. The van der Waals surface area contributed by atoms with Crippen molar-refractivity contribution in [2.24, 2.45) is 0 Å². The number of ether oxygens (including phenoxy) is 1. The SMILES string of the molecule is Cc1ccc2[nH]cc(CC(NC(=O)[C@H](Cc3ccccc3)NC(=O)C(F)(F)F)C(=O)OC(C)(C)C)c2c1. The predicted octanol–water partition coefficient (Wildman–Crippen LogP) is 4.14. The average molecular weight is 518 g/mol. The lowest BCUT2D eigenvalue weighted by molar-refractivity contribution is -0.174. The molecule has 0 radical (unpaired) electrons. The molecule has 1 aromatic heterocycles. The van der Waals surface area contributed by atoms with Crippen LogP contribution < -0.4 is 10.6 Å². The number of esters is 1. The molecule has 3 aromatic rings. The van der Waals surface area contributed by atoms with Crippen molar-refractivity contribution in [3.8, 4) is 0 Å². The summed E-state index contributed by atoms with van der Waals surface area (Å²) in [6, 6.07) is 11.2. The highest BCUT2D eigenvalue weighted by atomic mass is 19.4. The maximum Gasteiger partial charge on any atom is 0.471 e. The second-order valence-electron chi connectivity index (χ2n) is 9.88. The first-order chi connectivity index (χ1) is 17.2. The fourth-order valence-corrected chi connectivity index (χ4v) is 3.82. The second kappa shape index (κ2) is 11.1. The van der Waals surface area contributed by atoms with Gasteiger partial charge in [-0.25, -0.2) is 4.79 Å². The lowest BCUT2D eigenvalue weighted by atomic mass is 10.0. The molecule has 1 heterocycles. The molecular formula is C27H30F3N3O4. The molecule has 0 bridgehead atoms. The van der Waals surface area contributed by atoms with Crippen LogP contribution >= 0.6 is 0 Å². The number of nitrogens with one attached hydrogen (secondary N) is 3. The number of halogens is 3. The zero-order valence-corrected chi connectivity index (χ0v) is 21.0. The van der Waals surface area contributed by atoms with Crippen LogP contribution in [0.2, 0.25) is 0 Å². The smallest absolute Gasteiger partial charge is 0.458 e. The predicted molar refractivity (Wildman–Crippen MR) is 133 cm³/mol. The number of H-pyrrole nitrogens is 1. The molecule has 7 nitrogen and oxygen atoms in total. The minimum absolute atomic E-state index is 0.0232. The quantitative estimate of drug-likeness (QED) is 0.391. The molecule has 0 saturated carbocycles. The Morgan fingerprint density at radius 2 is 1.62 bits per heavy atom. The Morgan fingerprint density at radius 1 is 0.946 bits per heavy atom. The van der Waals surface area contributed by atoms with E-state index in [0.717, 1.165) is 16.5 Å². The van der Waals surface area contributed by atoms with E-state index >= 15 is 0 Å². The molecule has 37 heavy (non-hydrogen) atoms. The molecule has 2 atom stereocenters. The monoisotopic (exact) mass is 517 g/mol. The van der Waals surface area contributed by atoms with E-state index in [2.05, 4.69) is 10.3 Å². The zero-order valence-electron chi connectivity index (χ0n) is 21.0. The van der Waals surface area contributed by atoms with Gasteiger partial charge in [-0.1, -0.05) is 42.0 Å². The van der Waals surface area contributed by atoms with Crippen molar-refractivity contribution in [1.82, 2.24) is 15.6 Å². The standard InChI is InChI=1S/C27H30F3N3O4/c1-16-10-11-20-19(12-16)18(15-31-20)14-22(24(35)37-26(2,3)4)32-23(34)21(33-25(36)27(28,29)30)13-17-8-6-5-7-9-17/h5-12,15,21-22,31H,13-14H2,1-4H3,(H,32,34)(H,33,36)/t21-,22?/m0/s1. The van der Waals surface area contributed by atoms with Gasteiger partial charge in [0.15, 0.2) is 0 Å². The van der Waals surface area contributed by atoms with Gasteiger partial charge in [0.1, 0.15) is 17.7 Å². The fourth-order valence-electron chi connectivity index (χ4n) is 3.82. The van der Waals surface area contributed by atoms with E-state index in [9.17, 15) is 27.6 Å². The third-order valence-electron chi connectivity index (χ3n) is 5.52. The fraction of sp³-hybridized carbons (Fsp3) is 0.370. The van der Waals surface area contributed by atoms with Gasteiger partial charge in [0.25, 0.3) is 0 Å². The lowest BCUT2D eigenvalue weighted by Gasteiger charge is -2.26. The van der Waals surface area contributed by atoms with Crippen LogP contribution in [0.5, 0.6) is 0 Å². The van der Waals surface area contributed by atoms with Crippen LogP contribution in [0.3, 0.4) is 0 Å². The number of carbonyl (C=O) groups is 3. The topological polar surface area (TPSA) is 100 Å². The van der Waals surface area contributed by atoms with Gasteiger partial charge in [-0.2, -0.15) is 13.2 Å². The van der Waals surface area contributed by atoms with Crippen LogP contribution in [0.4, 0.5) is 13.2 Å². The summed E-state index contributed by atoms with van der Waals surface area (Å²) in [6.45, 7) is 6.92. The molecule has 0 aliphatic carbocycles. The van der Waals surface area contributed by atoms with Crippen molar-refractivity contribution in [1.29, 1.82) is 0 Å². The molecule has 1 unspecified atom stereocenters. The van der Waals surface area contributed by atoms with E-state index in [1.54, 1.807) is 62.6 Å². The van der Waals surface area contributed by atoms with Crippen LogP contribution in [-0.4, -0.2) is 46.6 Å². The number of carbonyl (C=O) groups excluding carboxylic acids is 3. The summed E-state index contributed by atoms with van der Waals surface area (Å²) in [6.07, 6.45) is -3.65. The van der Waals surface area contributed by atoms with E-state index in [1.165, 1.54) is 0 Å². The van der Waals surface area contributed by atoms with E-state index in [-0.39, 0.29) is 12.8 Å². The normalized spacial score (nSPS) is 13.6. The number of alkyl halides is 3. The van der Waals surface area contributed by atoms with Crippen LogP contribution in [0.15, 0.2) is 54.7 Å². The number of aryl methyl sites for hydroxylation is 1. The van der Waals surface area contributed by atoms with Gasteiger partial charge in [0.05, 0.1) is 0 Å². The average Bonchev–Trinajstić information content (AvgIpc) is 3.18. The number of fused-ring (bicyclic) bond motifs is 1. The summed E-state index contributed by atoms with van der Waals surface area (Å²) in [4.78, 5) is 41.1. The highest BCUT2D eigenvalue weighted by molar-refractivity contribution is 5.93. The summed E-state index contributed by atoms with van der Waals surface area (Å²) in [5.74, 6) is -3.93. The van der Waals surface area contributed by atoms with Crippen LogP contribution in [0, 0.1) is 6.92 Å². The van der Waals surface area contributed by atoms with Gasteiger partial charge in [-0.3, -0.25) is 9.59 Å². The van der Waals surface area contributed by atoms with Gasteiger partial charge in [-0.05, 0) is 51.0 Å². The number of rotatable bonds is 8. The molecule has 0 saturated heterocycles. The molecule has 2 amide bonds. The van der Waals surface area contributed by atoms with Crippen LogP contribution in [0.1, 0.15) is 37.5 Å². The molecule has 0 fully saturated rings. The Hall–Kier alpha value is -3.82. The van der Waals surface area contributed by atoms with Crippen molar-refractivity contribution < 1.29 is 32.3 Å². The van der Waals surface area contributed by atoms with Crippen molar-refractivity contribution in [3.63, 3.8) is 0 Å². The highest BCUT2D eigenvalue weighted by Crippen LogP contribution is 2.22. The molecule has 198 valence electrons. The van der Waals surface area contributed by atoms with Gasteiger partial charge in [0, 0.05) is 29.9 Å². The van der Waals surface area contributed by atoms with E-state index in [0.29, 0.717) is 11.1 Å². The summed E-state index contributed by atoms with van der Waals surface area (Å²) in [7, 11) is 0. The number of amides is 2. The maximum absolute atomic E-state index is 13.2. The van der Waals surface area contributed by atoms with E-state index < -0.39 is 41.6 Å². The van der Waals surface area contributed by atoms with Gasteiger partial charge >= 0.3 is 18.1 Å². The third-order valence-corrected chi connectivity index (χ3v) is 5.52. The minimum atomic E-state index is -5.18. The number of benzene rings is 2. The summed E-state index contributed by atoms with van der Waals surface area (Å²) >= 11 is 0. The Labute approximate surface area is 212 Å². The minimum Gasteiger partial charge on any atom is -0.458 e. The van der Waals surface area contributed by atoms with E-state index in [1.807, 2.05) is 25.1 Å². The molecule has 0 aliphatic rings. The molecule has 3 rings (SSSR count). The number of aromatic amines is 1. The Kier molecular flexibility index (Phi) is 8.30. The summed E-state index contributed by atoms with van der Waals surface area (Å²) in [5, 5.41) is 5.13. The van der Waals surface area contributed by atoms with E-state index in [4.69, 9.17) is 4.74 Å². The molecule has 3 N–H and O–H groups in total. The molecule has 10 heteroatoms.